The average molecular weight is 341 g/mol. The summed E-state index contributed by atoms with van der Waals surface area (Å²) in [7, 11) is 0. The Labute approximate surface area is 149 Å². The van der Waals surface area contributed by atoms with Gasteiger partial charge >= 0.3 is 0 Å². The third-order valence-electron chi connectivity index (χ3n) is 5.34. The van der Waals surface area contributed by atoms with Gasteiger partial charge in [-0.25, -0.2) is 0 Å². The molecule has 5 heteroatoms. The van der Waals surface area contributed by atoms with Gasteiger partial charge in [0.2, 0.25) is 5.88 Å². The van der Waals surface area contributed by atoms with Crippen LogP contribution in [0.5, 0.6) is 5.88 Å². The first-order chi connectivity index (χ1) is 12.2. The van der Waals surface area contributed by atoms with Crippen LogP contribution in [-0.2, 0) is 4.74 Å². The Bertz CT molecular complexity index is 735. The topological polar surface area (TPSA) is 47.5 Å². The van der Waals surface area contributed by atoms with Crippen LogP contribution in [0.1, 0.15) is 38.2 Å². The molecule has 1 saturated heterocycles. The van der Waals surface area contributed by atoms with Crippen molar-refractivity contribution in [2.45, 2.75) is 45.6 Å². The van der Waals surface area contributed by atoms with Gasteiger partial charge in [-0.15, -0.1) is 0 Å². The smallest absolute Gasteiger partial charge is 0.225 e. The van der Waals surface area contributed by atoms with E-state index < -0.39 is 0 Å². The molecule has 2 aliphatic rings. The molecule has 25 heavy (non-hydrogen) atoms. The molecule has 0 radical (unpaired) electrons. The molecule has 0 unspecified atom stereocenters. The van der Waals surface area contributed by atoms with E-state index in [9.17, 15) is 0 Å². The number of fused-ring (bicyclic) bond motifs is 1. The van der Waals surface area contributed by atoms with E-state index in [4.69, 9.17) is 14.5 Å². The van der Waals surface area contributed by atoms with Gasteiger partial charge in [-0.2, -0.15) is 4.98 Å². The second kappa shape index (κ2) is 7.16. The van der Waals surface area contributed by atoms with E-state index in [0.29, 0.717) is 0 Å². The highest BCUT2D eigenvalue weighted by Gasteiger charge is 2.22. The van der Waals surface area contributed by atoms with Crippen LogP contribution in [0.3, 0.4) is 0 Å². The second-order valence-electron chi connectivity index (χ2n) is 7.46. The Balaban J connectivity index is 1.67. The van der Waals surface area contributed by atoms with E-state index in [-0.39, 0.29) is 6.10 Å². The molecule has 0 aromatic carbocycles. The number of hydrogen-bond acceptors (Lipinski definition) is 5. The summed E-state index contributed by atoms with van der Waals surface area (Å²) in [6, 6.07) is 4.22. The molecule has 5 nitrogen and oxygen atoms in total. The van der Waals surface area contributed by atoms with Crippen LogP contribution in [0, 0.1) is 12.8 Å². The Hall–Kier alpha value is -1.88. The van der Waals surface area contributed by atoms with Crippen molar-refractivity contribution in [2.24, 2.45) is 5.92 Å². The first-order valence-corrected chi connectivity index (χ1v) is 9.46. The average Bonchev–Trinajstić information content (AvgIpc) is 2.64. The summed E-state index contributed by atoms with van der Waals surface area (Å²) in [6.07, 6.45) is 6.90. The van der Waals surface area contributed by atoms with Crippen molar-refractivity contribution in [2.75, 3.05) is 31.2 Å². The number of ether oxygens (including phenoxy) is 2. The van der Waals surface area contributed by atoms with Gasteiger partial charge in [-0.1, -0.05) is 6.92 Å². The fraction of sp³-hybridized carbons (Fsp3) is 0.600. The first-order valence-electron chi connectivity index (χ1n) is 9.46. The number of aromatic nitrogens is 2. The highest BCUT2D eigenvalue weighted by molar-refractivity contribution is 5.86. The Morgan fingerprint density at radius 3 is 2.64 bits per heavy atom. The largest absolute Gasteiger partial charge is 0.474 e. The highest BCUT2D eigenvalue weighted by Crippen LogP contribution is 2.32. The molecule has 3 heterocycles. The molecule has 1 aliphatic heterocycles. The van der Waals surface area contributed by atoms with Crippen LogP contribution in [0.25, 0.3) is 10.9 Å². The number of hydrogen-bond donors (Lipinski definition) is 0. The van der Waals surface area contributed by atoms with E-state index in [1.54, 1.807) is 0 Å². The van der Waals surface area contributed by atoms with Crippen molar-refractivity contribution < 1.29 is 9.47 Å². The SMILES string of the molecule is Cc1cnc2cc(N3CCOCC3)nc(OC3CCC(C)CC3)c2c1. The maximum absolute atomic E-state index is 6.39. The molecule has 0 bridgehead atoms. The Morgan fingerprint density at radius 2 is 1.88 bits per heavy atom. The molecule has 0 amide bonds. The highest BCUT2D eigenvalue weighted by atomic mass is 16.5. The zero-order valence-electron chi connectivity index (χ0n) is 15.2. The number of aryl methyl sites for hydroxylation is 1. The lowest BCUT2D eigenvalue weighted by molar-refractivity contribution is 0.121. The molecular weight excluding hydrogens is 314 g/mol. The minimum absolute atomic E-state index is 0.271. The molecule has 2 fully saturated rings. The van der Waals surface area contributed by atoms with Crippen molar-refractivity contribution >= 4 is 16.7 Å². The number of nitrogens with zero attached hydrogens (tertiary/aromatic N) is 3. The number of rotatable bonds is 3. The van der Waals surface area contributed by atoms with Crippen molar-refractivity contribution in [3.05, 3.63) is 23.9 Å². The van der Waals surface area contributed by atoms with Crippen molar-refractivity contribution in [1.82, 2.24) is 9.97 Å². The van der Waals surface area contributed by atoms with Crippen LogP contribution in [0.2, 0.25) is 0 Å². The van der Waals surface area contributed by atoms with Gasteiger partial charge in [0.25, 0.3) is 0 Å². The van der Waals surface area contributed by atoms with Crippen LogP contribution in [0.4, 0.5) is 5.82 Å². The Morgan fingerprint density at radius 1 is 1.12 bits per heavy atom. The summed E-state index contributed by atoms with van der Waals surface area (Å²) in [5.74, 6) is 2.51. The van der Waals surface area contributed by atoms with Gasteiger partial charge < -0.3 is 14.4 Å². The summed E-state index contributed by atoms with van der Waals surface area (Å²) in [6.45, 7) is 7.62. The zero-order chi connectivity index (χ0) is 17.2. The predicted octanol–water partition coefficient (Wildman–Crippen LogP) is 3.73. The second-order valence-corrected chi connectivity index (χ2v) is 7.46. The van der Waals surface area contributed by atoms with Gasteiger partial charge in [0.1, 0.15) is 11.9 Å². The zero-order valence-corrected chi connectivity index (χ0v) is 15.2. The van der Waals surface area contributed by atoms with Crippen LogP contribution in [0.15, 0.2) is 18.3 Å². The minimum atomic E-state index is 0.271. The molecule has 134 valence electrons. The maximum atomic E-state index is 6.39. The number of anilines is 1. The summed E-state index contributed by atoms with van der Waals surface area (Å²) < 4.78 is 11.9. The first kappa shape index (κ1) is 16.6. The maximum Gasteiger partial charge on any atom is 0.225 e. The van der Waals surface area contributed by atoms with Gasteiger partial charge in [-0.05, 0) is 50.2 Å². The van der Waals surface area contributed by atoms with E-state index in [0.717, 1.165) is 73.2 Å². The lowest BCUT2D eigenvalue weighted by Gasteiger charge is -2.30. The third kappa shape index (κ3) is 3.71. The molecule has 0 spiro atoms. The molecular formula is C20H27N3O2. The van der Waals surface area contributed by atoms with Crippen LogP contribution >= 0.6 is 0 Å². The molecule has 0 atom stereocenters. The van der Waals surface area contributed by atoms with E-state index in [1.807, 2.05) is 6.20 Å². The third-order valence-corrected chi connectivity index (χ3v) is 5.34. The molecule has 1 aliphatic carbocycles. The lowest BCUT2D eigenvalue weighted by Crippen LogP contribution is -2.36. The van der Waals surface area contributed by atoms with Gasteiger partial charge in [0, 0.05) is 25.4 Å². The quantitative estimate of drug-likeness (QED) is 0.851. The van der Waals surface area contributed by atoms with Gasteiger partial charge in [-0.3, -0.25) is 4.98 Å². The molecule has 1 saturated carbocycles. The summed E-state index contributed by atoms with van der Waals surface area (Å²) >= 11 is 0. The van der Waals surface area contributed by atoms with Gasteiger partial charge in [0.15, 0.2) is 0 Å². The molecule has 0 N–H and O–H groups in total. The van der Waals surface area contributed by atoms with Gasteiger partial charge in [0.05, 0.1) is 24.1 Å². The fourth-order valence-corrected chi connectivity index (χ4v) is 3.73. The van der Waals surface area contributed by atoms with E-state index in [1.165, 1.54) is 12.8 Å². The van der Waals surface area contributed by atoms with E-state index >= 15 is 0 Å². The number of pyridine rings is 2. The summed E-state index contributed by atoms with van der Waals surface area (Å²) in [5.41, 5.74) is 2.09. The standard InChI is InChI=1S/C20H27N3O2/c1-14-3-5-16(6-4-14)25-20-17-11-15(2)13-21-18(17)12-19(22-20)23-7-9-24-10-8-23/h11-14,16H,3-10H2,1-2H3. The summed E-state index contributed by atoms with van der Waals surface area (Å²) in [4.78, 5) is 11.8. The number of morpholine rings is 1. The molecule has 4 rings (SSSR count). The lowest BCUT2D eigenvalue weighted by atomic mass is 9.89. The Kier molecular flexibility index (Phi) is 4.75. The van der Waals surface area contributed by atoms with Crippen molar-refractivity contribution in [3.63, 3.8) is 0 Å². The van der Waals surface area contributed by atoms with Crippen molar-refractivity contribution in [3.8, 4) is 5.88 Å². The van der Waals surface area contributed by atoms with Crippen LogP contribution in [-0.4, -0.2) is 42.4 Å². The molecule has 2 aromatic rings. The van der Waals surface area contributed by atoms with E-state index in [2.05, 4.69) is 35.9 Å². The molecule has 2 aromatic heterocycles. The monoisotopic (exact) mass is 341 g/mol. The normalized spacial score (nSPS) is 24.5. The predicted molar refractivity (Wildman–Crippen MR) is 99.4 cm³/mol. The minimum Gasteiger partial charge on any atom is -0.474 e. The van der Waals surface area contributed by atoms with Crippen LogP contribution < -0.4 is 9.64 Å². The van der Waals surface area contributed by atoms with Crippen molar-refractivity contribution in [1.29, 1.82) is 0 Å². The fourth-order valence-electron chi connectivity index (χ4n) is 3.73. The summed E-state index contributed by atoms with van der Waals surface area (Å²) in [5, 5.41) is 1.02.